The number of hydrogen-bond acceptors (Lipinski definition) is 8. The fraction of sp³-hybridized carbons (Fsp3) is 0.533. The summed E-state index contributed by atoms with van der Waals surface area (Å²) in [7, 11) is 0. The van der Waals surface area contributed by atoms with Crippen molar-refractivity contribution in [2.45, 2.75) is 38.1 Å². The summed E-state index contributed by atoms with van der Waals surface area (Å²) in [5.41, 5.74) is 5.23. The molecule has 136 valence electrons. The zero-order valence-electron chi connectivity index (χ0n) is 13.9. The molecule has 4 atom stereocenters. The lowest BCUT2D eigenvalue weighted by Gasteiger charge is -2.29. The van der Waals surface area contributed by atoms with E-state index in [1.54, 1.807) is 0 Å². The Morgan fingerprint density at radius 1 is 1.60 bits per heavy atom. The van der Waals surface area contributed by atoms with Gasteiger partial charge in [0.05, 0.1) is 12.9 Å². The molecule has 3 rings (SSSR count). The number of anilines is 1. The van der Waals surface area contributed by atoms with Crippen molar-refractivity contribution in [3.63, 3.8) is 0 Å². The van der Waals surface area contributed by atoms with Gasteiger partial charge in [0.15, 0.2) is 17.4 Å². The van der Waals surface area contributed by atoms with Gasteiger partial charge in [0.1, 0.15) is 12.2 Å². The number of nitrogens with zero attached hydrogens (tertiary/aromatic N) is 3. The zero-order chi connectivity index (χ0) is 18.4. The Morgan fingerprint density at radius 3 is 2.96 bits per heavy atom. The van der Waals surface area contributed by atoms with Crippen molar-refractivity contribution in [1.82, 2.24) is 19.5 Å². The molecule has 0 aliphatic carbocycles. The van der Waals surface area contributed by atoms with Gasteiger partial charge in [0.2, 0.25) is 11.7 Å². The van der Waals surface area contributed by atoms with Gasteiger partial charge in [-0.05, 0) is 12.0 Å². The minimum Gasteiger partial charge on any atom is -0.385 e. The number of aromatic nitrogens is 4. The number of hydrogen-bond donors (Lipinski definition) is 4. The van der Waals surface area contributed by atoms with Crippen molar-refractivity contribution in [1.29, 1.82) is 0 Å². The highest BCUT2D eigenvalue weighted by Gasteiger charge is 2.54. The van der Waals surface area contributed by atoms with Crippen LogP contribution in [0.2, 0.25) is 0 Å². The molecule has 0 bridgehead atoms. The van der Waals surface area contributed by atoms with Gasteiger partial charge in [-0.25, -0.2) is 4.98 Å². The number of aliphatic hydroxyl groups is 2. The Morgan fingerprint density at radius 2 is 2.32 bits per heavy atom. The summed E-state index contributed by atoms with van der Waals surface area (Å²) in [6.45, 7) is 7.81. The molecular formula is C15H21N5O5. The van der Waals surface area contributed by atoms with E-state index < -0.39 is 29.8 Å². The van der Waals surface area contributed by atoms with Gasteiger partial charge < -0.3 is 25.4 Å². The van der Waals surface area contributed by atoms with Gasteiger partial charge in [0, 0.05) is 0 Å². The second-order valence-corrected chi connectivity index (χ2v) is 6.35. The van der Waals surface area contributed by atoms with Crippen LogP contribution in [0.25, 0.3) is 11.2 Å². The summed E-state index contributed by atoms with van der Waals surface area (Å²) in [4.78, 5) is 22.2. The Balaban J connectivity index is 2.01. The summed E-state index contributed by atoms with van der Waals surface area (Å²) in [6, 6.07) is 0. The molecule has 1 aliphatic heterocycles. The van der Waals surface area contributed by atoms with E-state index >= 15 is 0 Å². The zero-order valence-corrected chi connectivity index (χ0v) is 13.9. The van der Waals surface area contributed by atoms with Gasteiger partial charge in [-0.2, -0.15) is 4.98 Å². The molecule has 3 heterocycles. The van der Waals surface area contributed by atoms with Crippen LogP contribution >= 0.6 is 0 Å². The number of ether oxygens (including phenoxy) is 2. The molecule has 0 amide bonds. The van der Waals surface area contributed by atoms with Crippen LogP contribution in [0.5, 0.6) is 0 Å². The van der Waals surface area contributed by atoms with E-state index in [1.165, 1.54) is 17.0 Å². The van der Waals surface area contributed by atoms with Crippen LogP contribution in [0, 0.1) is 5.92 Å². The predicted molar refractivity (Wildman–Crippen MR) is 88.4 cm³/mol. The Labute approximate surface area is 142 Å². The van der Waals surface area contributed by atoms with Gasteiger partial charge in [-0.1, -0.05) is 20.4 Å². The molecule has 0 unspecified atom stereocenters. The van der Waals surface area contributed by atoms with Crippen LogP contribution in [0.1, 0.15) is 20.1 Å². The summed E-state index contributed by atoms with van der Waals surface area (Å²) in [6.07, 6.45) is -1.24. The minimum absolute atomic E-state index is 0.0405. The van der Waals surface area contributed by atoms with Crippen LogP contribution in [-0.4, -0.2) is 54.3 Å². The SMILES string of the molecule is C=C[C@]1(OCC(C)C)O[C@@H](n2cnc3c(=O)[nH]c(N)nc32)[C@@H](O)[C@@H]1O. The van der Waals surface area contributed by atoms with Crippen molar-refractivity contribution >= 4 is 17.1 Å². The van der Waals surface area contributed by atoms with Crippen LogP contribution in [0.4, 0.5) is 5.95 Å². The molecule has 10 nitrogen and oxygen atoms in total. The second kappa shape index (κ2) is 6.23. The van der Waals surface area contributed by atoms with Crippen LogP contribution in [-0.2, 0) is 9.47 Å². The van der Waals surface area contributed by atoms with Crippen molar-refractivity contribution in [2.75, 3.05) is 12.3 Å². The first-order chi connectivity index (χ1) is 11.8. The third kappa shape index (κ3) is 2.82. The molecule has 0 saturated carbocycles. The lowest BCUT2D eigenvalue weighted by molar-refractivity contribution is -0.238. The van der Waals surface area contributed by atoms with Crippen molar-refractivity contribution in [2.24, 2.45) is 5.92 Å². The molecule has 2 aromatic rings. The molecule has 1 saturated heterocycles. The second-order valence-electron chi connectivity index (χ2n) is 6.35. The van der Waals surface area contributed by atoms with Gasteiger partial charge in [0.25, 0.3) is 5.56 Å². The molecule has 0 aromatic carbocycles. The van der Waals surface area contributed by atoms with E-state index in [-0.39, 0.29) is 29.6 Å². The number of nitrogens with two attached hydrogens (primary N) is 1. The Kier molecular flexibility index (Phi) is 4.37. The highest BCUT2D eigenvalue weighted by molar-refractivity contribution is 5.70. The van der Waals surface area contributed by atoms with E-state index in [0.29, 0.717) is 0 Å². The first-order valence-corrected chi connectivity index (χ1v) is 7.83. The molecule has 1 aliphatic rings. The minimum atomic E-state index is -1.59. The largest absolute Gasteiger partial charge is 0.385 e. The first kappa shape index (κ1) is 17.5. The van der Waals surface area contributed by atoms with Crippen molar-refractivity contribution in [3.8, 4) is 0 Å². The fourth-order valence-electron chi connectivity index (χ4n) is 2.72. The third-order valence-corrected chi connectivity index (χ3v) is 3.98. The van der Waals surface area contributed by atoms with Crippen LogP contribution in [0.15, 0.2) is 23.8 Å². The summed E-state index contributed by atoms with van der Waals surface area (Å²) in [5, 5.41) is 20.9. The van der Waals surface area contributed by atoms with Crippen molar-refractivity contribution in [3.05, 3.63) is 29.3 Å². The summed E-state index contributed by atoms with van der Waals surface area (Å²) < 4.78 is 12.8. The molecule has 5 N–H and O–H groups in total. The number of aliphatic hydroxyl groups excluding tert-OH is 2. The summed E-state index contributed by atoms with van der Waals surface area (Å²) in [5.74, 6) is -1.51. The molecule has 0 radical (unpaired) electrons. The van der Waals surface area contributed by atoms with E-state index in [0.717, 1.165) is 0 Å². The van der Waals surface area contributed by atoms with E-state index in [9.17, 15) is 15.0 Å². The molecule has 1 fully saturated rings. The Hall–Kier alpha value is -2.27. The number of H-pyrrole nitrogens is 1. The number of nitrogen functional groups attached to an aromatic ring is 1. The number of aromatic amines is 1. The highest BCUT2D eigenvalue weighted by Crippen LogP contribution is 2.40. The molecule has 2 aromatic heterocycles. The number of nitrogens with one attached hydrogen (secondary N) is 1. The maximum Gasteiger partial charge on any atom is 0.280 e. The maximum absolute atomic E-state index is 11.9. The molecule has 0 spiro atoms. The average Bonchev–Trinajstić information content (AvgIpc) is 3.07. The first-order valence-electron chi connectivity index (χ1n) is 7.83. The van der Waals surface area contributed by atoms with Gasteiger partial charge in [-0.3, -0.25) is 14.3 Å². The third-order valence-electron chi connectivity index (χ3n) is 3.98. The lowest BCUT2D eigenvalue weighted by atomic mass is 10.1. The smallest absolute Gasteiger partial charge is 0.280 e. The number of rotatable bonds is 5. The molecule has 25 heavy (non-hydrogen) atoms. The van der Waals surface area contributed by atoms with Crippen LogP contribution in [0.3, 0.4) is 0 Å². The number of fused-ring (bicyclic) bond motifs is 1. The summed E-state index contributed by atoms with van der Waals surface area (Å²) >= 11 is 0. The van der Waals surface area contributed by atoms with E-state index in [4.69, 9.17) is 15.2 Å². The van der Waals surface area contributed by atoms with Crippen LogP contribution < -0.4 is 11.3 Å². The van der Waals surface area contributed by atoms with E-state index in [2.05, 4.69) is 21.5 Å². The average molecular weight is 351 g/mol. The standard InChI is InChI=1S/C15H21N5O5/c1-4-15(24-5-7(2)3)10(22)9(21)13(25-15)20-6-17-8-11(20)18-14(16)19-12(8)23/h4,6-7,9-10,13,21-22H,1,5H2,2-3H3,(H3,16,18,19,23)/t9-,10-,13+,15-/m0/s1. The van der Waals surface area contributed by atoms with Crippen molar-refractivity contribution < 1.29 is 19.7 Å². The molecular weight excluding hydrogens is 330 g/mol. The van der Waals surface area contributed by atoms with Gasteiger partial charge >= 0.3 is 0 Å². The normalized spacial score (nSPS) is 29.6. The monoisotopic (exact) mass is 351 g/mol. The van der Waals surface area contributed by atoms with Gasteiger partial charge in [-0.15, -0.1) is 0 Å². The predicted octanol–water partition coefficient (Wildman–Crippen LogP) is -0.493. The van der Waals surface area contributed by atoms with E-state index in [1.807, 2.05) is 13.8 Å². The lowest BCUT2D eigenvalue weighted by Crippen LogP contribution is -2.44. The highest BCUT2D eigenvalue weighted by atomic mass is 16.7. The topological polar surface area (TPSA) is 149 Å². The molecule has 10 heteroatoms. The number of imidazole rings is 1. The quantitative estimate of drug-likeness (QED) is 0.527. The fourth-order valence-corrected chi connectivity index (χ4v) is 2.72. The Bertz CT molecular complexity index is 846. The maximum atomic E-state index is 11.9.